The summed E-state index contributed by atoms with van der Waals surface area (Å²) in [6.45, 7) is 2.97. The molecule has 0 bridgehead atoms. The van der Waals surface area contributed by atoms with Gasteiger partial charge in [0.15, 0.2) is 0 Å². The molecule has 1 N–H and O–H groups in total. The van der Waals surface area contributed by atoms with Crippen LogP contribution in [0.1, 0.15) is 36.2 Å². The van der Waals surface area contributed by atoms with E-state index < -0.39 is 18.8 Å². The van der Waals surface area contributed by atoms with E-state index in [1.165, 1.54) is 4.90 Å². The number of benzene rings is 1. The van der Waals surface area contributed by atoms with Gasteiger partial charge < -0.3 is 5.32 Å². The summed E-state index contributed by atoms with van der Waals surface area (Å²) in [4.78, 5) is 8.32. The highest BCUT2D eigenvalue weighted by Gasteiger charge is 2.41. The Labute approximate surface area is 214 Å². The molecular formula is C27H32F4N6. The summed E-state index contributed by atoms with van der Waals surface area (Å²) in [5, 5.41) is 7.89. The third-order valence-electron chi connectivity index (χ3n) is 7.22. The van der Waals surface area contributed by atoms with Gasteiger partial charge in [0.2, 0.25) is 0 Å². The van der Waals surface area contributed by atoms with Crippen molar-refractivity contribution >= 4 is 5.69 Å². The Balaban J connectivity index is 1.40. The largest absolute Gasteiger partial charge is 0.401 e. The molecule has 198 valence electrons. The number of aryl methyl sites for hydroxylation is 1. The fraction of sp³-hybridized carbons (Fsp3) is 0.481. The summed E-state index contributed by atoms with van der Waals surface area (Å²) in [5.74, 6) is 0. The van der Waals surface area contributed by atoms with E-state index in [9.17, 15) is 17.6 Å². The quantitative estimate of drug-likeness (QED) is 0.435. The van der Waals surface area contributed by atoms with Crippen LogP contribution in [0.2, 0.25) is 0 Å². The normalized spacial score (nSPS) is 21.0. The van der Waals surface area contributed by atoms with Crippen LogP contribution in [-0.2, 0) is 13.5 Å². The molecule has 2 unspecified atom stereocenters. The van der Waals surface area contributed by atoms with Crippen LogP contribution < -0.4 is 5.32 Å². The number of nitrogens with zero attached hydrogens (tertiary/aromatic N) is 5. The van der Waals surface area contributed by atoms with Crippen molar-refractivity contribution in [3.63, 3.8) is 0 Å². The SMILES string of the molecule is CC1Cc2cc(-c3ccn(C)n3)ccc2C(c2ccc(NC3CN(CCCF)C3)cn2)N1CC(F)(F)F. The lowest BCUT2D eigenvalue weighted by atomic mass is 9.85. The van der Waals surface area contributed by atoms with Crippen LogP contribution in [0.25, 0.3) is 11.3 Å². The summed E-state index contributed by atoms with van der Waals surface area (Å²) < 4.78 is 55.0. The third-order valence-corrected chi connectivity index (χ3v) is 7.22. The van der Waals surface area contributed by atoms with Crippen LogP contribution in [0.5, 0.6) is 0 Å². The second-order valence-electron chi connectivity index (χ2n) is 10.1. The lowest BCUT2D eigenvalue weighted by Gasteiger charge is -2.42. The van der Waals surface area contributed by atoms with Gasteiger partial charge in [0.1, 0.15) is 0 Å². The number of alkyl halides is 4. The summed E-state index contributed by atoms with van der Waals surface area (Å²) in [5.41, 5.74) is 5.06. The first-order valence-corrected chi connectivity index (χ1v) is 12.7. The van der Waals surface area contributed by atoms with Gasteiger partial charge in [-0.3, -0.25) is 23.9 Å². The Morgan fingerprint density at radius 3 is 2.57 bits per heavy atom. The Morgan fingerprint density at radius 1 is 1.11 bits per heavy atom. The van der Waals surface area contributed by atoms with Crippen molar-refractivity contribution in [2.75, 3.05) is 38.2 Å². The first kappa shape index (κ1) is 25.7. The third kappa shape index (κ3) is 5.80. The molecule has 1 saturated heterocycles. The lowest BCUT2D eigenvalue weighted by molar-refractivity contribution is -0.155. The molecule has 2 aromatic heterocycles. The molecule has 0 spiro atoms. The zero-order valence-corrected chi connectivity index (χ0v) is 21.0. The molecule has 2 aliphatic rings. The Bertz CT molecular complexity index is 1200. The van der Waals surface area contributed by atoms with Gasteiger partial charge in [-0.15, -0.1) is 0 Å². The van der Waals surface area contributed by atoms with Gasteiger partial charge in [-0.25, -0.2) is 0 Å². The highest BCUT2D eigenvalue weighted by atomic mass is 19.4. The highest BCUT2D eigenvalue weighted by Crippen LogP contribution is 2.40. The van der Waals surface area contributed by atoms with Crippen molar-refractivity contribution in [1.29, 1.82) is 0 Å². The molecule has 37 heavy (non-hydrogen) atoms. The summed E-state index contributed by atoms with van der Waals surface area (Å²) >= 11 is 0. The maximum absolute atomic E-state index is 13.6. The average molecular weight is 517 g/mol. The van der Waals surface area contributed by atoms with Gasteiger partial charge in [0.05, 0.1) is 48.6 Å². The molecule has 4 heterocycles. The van der Waals surface area contributed by atoms with E-state index in [0.717, 1.165) is 47.7 Å². The van der Waals surface area contributed by atoms with E-state index in [4.69, 9.17) is 0 Å². The van der Waals surface area contributed by atoms with Crippen LogP contribution in [-0.4, -0.2) is 75.7 Å². The molecule has 0 saturated carbocycles. The minimum atomic E-state index is -4.32. The van der Waals surface area contributed by atoms with Crippen molar-refractivity contribution in [3.8, 4) is 11.3 Å². The Kier molecular flexibility index (Phi) is 7.22. The maximum atomic E-state index is 13.6. The van der Waals surface area contributed by atoms with Crippen molar-refractivity contribution in [1.82, 2.24) is 24.6 Å². The van der Waals surface area contributed by atoms with E-state index in [1.807, 2.05) is 56.6 Å². The fourth-order valence-electron chi connectivity index (χ4n) is 5.44. The van der Waals surface area contributed by atoms with Gasteiger partial charge in [-0.05, 0) is 55.2 Å². The number of fused-ring (bicyclic) bond motifs is 1. The van der Waals surface area contributed by atoms with E-state index in [0.29, 0.717) is 18.5 Å². The van der Waals surface area contributed by atoms with E-state index in [2.05, 4.69) is 20.3 Å². The minimum Gasteiger partial charge on any atom is -0.378 e. The number of halogens is 4. The van der Waals surface area contributed by atoms with Crippen molar-refractivity contribution < 1.29 is 17.6 Å². The van der Waals surface area contributed by atoms with Gasteiger partial charge in [-0.1, -0.05) is 12.1 Å². The average Bonchev–Trinajstić information content (AvgIpc) is 3.26. The number of hydrogen-bond donors (Lipinski definition) is 1. The first-order chi connectivity index (χ1) is 17.7. The molecule has 3 aromatic rings. The number of aromatic nitrogens is 3. The summed E-state index contributed by atoms with van der Waals surface area (Å²) in [6, 6.07) is 10.9. The number of hydrogen-bond acceptors (Lipinski definition) is 5. The Morgan fingerprint density at radius 2 is 1.92 bits per heavy atom. The van der Waals surface area contributed by atoms with Crippen molar-refractivity contribution in [2.24, 2.45) is 7.05 Å². The number of likely N-dealkylation sites (tertiary alicyclic amines) is 1. The smallest absolute Gasteiger partial charge is 0.378 e. The van der Waals surface area contributed by atoms with E-state index in [-0.39, 0.29) is 18.8 Å². The number of nitrogens with one attached hydrogen (secondary N) is 1. The molecule has 0 radical (unpaired) electrons. The van der Waals surface area contributed by atoms with Crippen LogP contribution in [0.3, 0.4) is 0 Å². The lowest BCUT2D eigenvalue weighted by Crippen LogP contribution is -2.54. The molecule has 6 nitrogen and oxygen atoms in total. The standard InChI is InChI=1S/C27H32F4N6/c1-18-12-20-13-19(24-8-11-35(2)34-24)4-6-23(20)26(37(18)17-27(29,30)31)25-7-5-21(14-32-25)33-22-15-36(16-22)10-3-9-28/h4-8,11,13-14,18,22,26,33H,3,9-10,12,15-17H2,1-2H3. The predicted molar refractivity (Wildman–Crippen MR) is 135 cm³/mol. The molecule has 1 aromatic carbocycles. The molecule has 0 aliphatic carbocycles. The van der Waals surface area contributed by atoms with Gasteiger partial charge in [-0.2, -0.15) is 18.3 Å². The molecule has 0 amide bonds. The van der Waals surface area contributed by atoms with Gasteiger partial charge in [0, 0.05) is 44.5 Å². The topological polar surface area (TPSA) is 49.2 Å². The van der Waals surface area contributed by atoms with Crippen LogP contribution in [0.15, 0.2) is 48.8 Å². The number of pyridine rings is 1. The van der Waals surface area contributed by atoms with Gasteiger partial charge >= 0.3 is 6.18 Å². The maximum Gasteiger partial charge on any atom is 0.401 e. The number of rotatable bonds is 8. The molecular weight excluding hydrogens is 484 g/mol. The zero-order valence-electron chi connectivity index (χ0n) is 21.0. The minimum absolute atomic E-state index is 0.259. The molecule has 1 fully saturated rings. The van der Waals surface area contributed by atoms with E-state index >= 15 is 0 Å². The van der Waals surface area contributed by atoms with Gasteiger partial charge in [0.25, 0.3) is 0 Å². The van der Waals surface area contributed by atoms with E-state index in [1.54, 1.807) is 10.9 Å². The van der Waals surface area contributed by atoms with Crippen LogP contribution >= 0.6 is 0 Å². The second-order valence-corrected chi connectivity index (χ2v) is 10.1. The zero-order chi connectivity index (χ0) is 26.2. The second kappa shape index (κ2) is 10.4. The fourth-order valence-corrected chi connectivity index (χ4v) is 5.44. The summed E-state index contributed by atoms with van der Waals surface area (Å²) in [6.07, 6.45) is 0.311. The molecule has 5 rings (SSSR count). The first-order valence-electron chi connectivity index (χ1n) is 12.7. The summed E-state index contributed by atoms with van der Waals surface area (Å²) in [7, 11) is 1.85. The molecule has 10 heteroatoms. The molecule has 2 aliphatic heterocycles. The van der Waals surface area contributed by atoms with Crippen molar-refractivity contribution in [3.05, 3.63) is 65.6 Å². The predicted octanol–water partition coefficient (Wildman–Crippen LogP) is 4.84. The van der Waals surface area contributed by atoms with Crippen LogP contribution in [0.4, 0.5) is 23.2 Å². The number of anilines is 1. The highest BCUT2D eigenvalue weighted by molar-refractivity contribution is 5.62. The van der Waals surface area contributed by atoms with Crippen molar-refractivity contribution in [2.45, 2.75) is 44.1 Å². The Hall–Kier alpha value is -2.98. The molecule has 2 atom stereocenters. The monoisotopic (exact) mass is 516 g/mol. The van der Waals surface area contributed by atoms with Crippen LogP contribution in [0, 0.1) is 0 Å².